The zero-order valence-corrected chi connectivity index (χ0v) is 12.7. The van der Waals surface area contributed by atoms with Gasteiger partial charge >= 0.3 is 0 Å². The first-order chi connectivity index (χ1) is 9.73. The Morgan fingerprint density at radius 3 is 2.45 bits per heavy atom. The van der Waals surface area contributed by atoms with Crippen LogP contribution in [0.25, 0.3) is 0 Å². The summed E-state index contributed by atoms with van der Waals surface area (Å²) in [4.78, 5) is 21.0. The molecule has 20 heavy (non-hydrogen) atoms. The molecule has 1 saturated heterocycles. The molecule has 0 spiro atoms. The van der Waals surface area contributed by atoms with Crippen LogP contribution in [0.15, 0.2) is 24.5 Å². The third kappa shape index (κ3) is 2.83. The van der Waals surface area contributed by atoms with Crippen molar-refractivity contribution in [2.24, 2.45) is 0 Å². The minimum Gasteiger partial charge on any atom is -0.339 e. The van der Waals surface area contributed by atoms with E-state index in [1.165, 1.54) is 5.56 Å². The maximum absolute atomic E-state index is 12.5. The molecule has 1 aliphatic carbocycles. The Bertz CT molecular complexity index is 467. The van der Waals surface area contributed by atoms with Crippen LogP contribution in [0.4, 0.5) is 0 Å². The maximum atomic E-state index is 12.5. The van der Waals surface area contributed by atoms with E-state index in [2.05, 4.69) is 33.2 Å². The highest BCUT2D eigenvalue weighted by atomic mass is 32.2. The largest absolute Gasteiger partial charge is 0.339 e. The fourth-order valence-electron chi connectivity index (χ4n) is 2.76. The van der Waals surface area contributed by atoms with Crippen molar-refractivity contribution in [3.05, 3.63) is 30.1 Å². The first-order valence-corrected chi connectivity index (χ1v) is 8.42. The molecule has 3 rings (SSSR count). The molecule has 1 saturated carbocycles. The monoisotopic (exact) mass is 291 g/mol. The highest BCUT2D eigenvalue weighted by Gasteiger charge is 2.51. The molecule has 2 heterocycles. The van der Waals surface area contributed by atoms with E-state index in [-0.39, 0.29) is 4.75 Å². The van der Waals surface area contributed by atoms with Crippen molar-refractivity contribution in [3.8, 4) is 0 Å². The van der Waals surface area contributed by atoms with Gasteiger partial charge in [0.25, 0.3) is 0 Å². The number of rotatable bonds is 4. The zero-order valence-electron chi connectivity index (χ0n) is 11.9. The van der Waals surface area contributed by atoms with Crippen LogP contribution in [-0.2, 0) is 11.3 Å². The molecule has 0 radical (unpaired) electrons. The zero-order chi connectivity index (χ0) is 14.0. The second-order valence-electron chi connectivity index (χ2n) is 5.62. The van der Waals surface area contributed by atoms with Gasteiger partial charge in [-0.1, -0.05) is 0 Å². The summed E-state index contributed by atoms with van der Waals surface area (Å²) in [6.07, 6.45) is 7.86. The lowest BCUT2D eigenvalue weighted by molar-refractivity contribution is -0.133. The predicted octanol–water partition coefficient (Wildman–Crippen LogP) is 1.62. The molecule has 0 bridgehead atoms. The highest BCUT2D eigenvalue weighted by Crippen LogP contribution is 2.48. The van der Waals surface area contributed by atoms with Crippen molar-refractivity contribution >= 4 is 17.7 Å². The van der Waals surface area contributed by atoms with E-state index >= 15 is 0 Å². The molecule has 1 aliphatic heterocycles. The van der Waals surface area contributed by atoms with E-state index in [4.69, 9.17) is 0 Å². The molecule has 0 aromatic carbocycles. The van der Waals surface area contributed by atoms with Gasteiger partial charge in [0.05, 0.1) is 4.75 Å². The average Bonchev–Trinajstić information content (AvgIpc) is 3.30. The third-order valence-electron chi connectivity index (χ3n) is 4.30. The van der Waals surface area contributed by atoms with Gasteiger partial charge in [-0.25, -0.2) is 0 Å². The van der Waals surface area contributed by atoms with Crippen molar-refractivity contribution in [2.75, 3.05) is 32.4 Å². The van der Waals surface area contributed by atoms with Crippen LogP contribution in [0.5, 0.6) is 0 Å². The molecular formula is C15H21N3OS. The van der Waals surface area contributed by atoms with Gasteiger partial charge in [0.1, 0.15) is 0 Å². The summed E-state index contributed by atoms with van der Waals surface area (Å²) in [6.45, 7) is 4.63. The number of pyridine rings is 1. The Balaban J connectivity index is 1.51. The van der Waals surface area contributed by atoms with Gasteiger partial charge in [-0.2, -0.15) is 0 Å². The molecule has 4 nitrogen and oxygen atoms in total. The number of aromatic nitrogens is 1. The van der Waals surface area contributed by atoms with Gasteiger partial charge in [-0.15, -0.1) is 11.8 Å². The lowest BCUT2D eigenvalue weighted by Crippen LogP contribution is -2.51. The number of amides is 1. The number of hydrogen-bond donors (Lipinski definition) is 0. The molecular weight excluding hydrogens is 270 g/mol. The highest BCUT2D eigenvalue weighted by molar-refractivity contribution is 8.01. The van der Waals surface area contributed by atoms with Gasteiger partial charge in [0, 0.05) is 45.1 Å². The second kappa shape index (κ2) is 5.74. The first-order valence-electron chi connectivity index (χ1n) is 7.19. The van der Waals surface area contributed by atoms with Crippen LogP contribution >= 0.6 is 11.8 Å². The van der Waals surface area contributed by atoms with E-state index in [0.717, 1.165) is 45.6 Å². The molecule has 0 unspecified atom stereocenters. The molecule has 108 valence electrons. The van der Waals surface area contributed by atoms with Crippen LogP contribution < -0.4 is 0 Å². The van der Waals surface area contributed by atoms with E-state index < -0.39 is 0 Å². The van der Waals surface area contributed by atoms with Crippen molar-refractivity contribution in [1.29, 1.82) is 0 Å². The van der Waals surface area contributed by atoms with Crippen LogP contribution in [0, 0.1) is 0 Å². The smallest absolute Gasteiger partial charge is 0.238 e. The van der Waals surface area contributed by atoms with Crippen LogP contribution in [0.1, 0.15) is 18.4 Å². The fourth-order valence-corrected chi connectivity index (χ4v) is 3.58. The van der Waals surface area contributed by atoms with E-state index in [9.17, 15) is 4.79 Å². The summed E-state index contributed by atoms with van der Waals surface area (Å²) in [5.41, 5.74) is 1.29. The summed E-state index contributed by atoms with van der Waals surface area (Å²) >= 11 is 1.73. The van der Waals surface area contributed by atoms with E-state index in [0.29, 0.717) is 5.91 Å². The standard InChI is InChI=1S/C15H21N3OS/c1-20-15(4-5-15)14(19)18-10-8-17(9-11-18)12-13-2-6-16-7-3-13/h2-3,6-7H,4-5,8-12H2,1H3. The summed E-state index contributed by atoms with van der Waals surface area (Å²) in [5.74, 6) is 0.369. The summed E-state index contributed by atoms with van der Waals surface area (Å²) in [7, 11) is 0. The number of nitrogens with zero attached hydrogens (tertiary/aromatic N) is 3. The van der Waals surface area contributed by atoms with Gasteiger partial charge in [0.15, 0.2) is 0 Å². The molecule has 1 amide bonds. The number of hydrogen-bond acceptors (Lipinski definition) is 4. The second-order valence-corrected chi connectivity index (χ2v) is 6.81. The Morgan fingerprint density at radius 1 is 1.25 bits per heavy atom. The number of thioether (sulfide) groups is 1. The van der Waals surface area contributed by atoms with Crippen LogP contribution in [0.2, 0.25) is 0 Å². The molecule has 2 fully saturated rings. The number of carbonyl (C=O) groups is 1. The molecule has 0 N–H and O–H groups in total. The fraction of sp³-hybridized carbons (Fsp3) is 0.600. The average molecular weight is 291 g/mol. The topological polar surface area (TPSA) is 36.4 Å². The minimum absolute atomic E-state index is 0.0622. The maximum Gasteiger partial charge on any atom is 0.238 e. The minimum atomic E-state index is -0.0622. The molecule has 1 aromatic rings. The molecule has 5 heteroatoms. The first kappa shape index (κ1) is 13.9. The summed E-state index contributed by atoms with van der Waals surface area (Å²) < 4.78 is -0.0622. The van der Waals surface area contributed by atoms with E-state index in [1.54, 1.807) is 11.8 Å². The van der Waals surface area contributed by atoms with Crippen LogP contribution in [-0.4, -0.2) is 57.9 Å². The Hall–Kier alpha value is -1.07. The Kier molecular flexibility index (Phi) is 3.98. The van der Waals surface area contributed by atoms with Crippen molar-refractivity contribution in [2.45, 2.75) is 24.1 Å². The van der Waals surface area contributed by atoms with Gasteiger partial charge in [0.2, 0.25) is 5.91 Å². The van der Waals surface area contributed by atoms with Crippen molar-refractivity contribution in [1.82, 2.24) is 14.8 Å². The predicted molar refractivity (Wildman–Crippen MR) is 81.6 cm³/mol. The summed E-state index contributed by atoms with van der Waals surface area (Å²) in [5, 5.41) is 0. The lowest BCUT2D eigenvalue weighted by Gasteiger charge is -2.36. The molecule has 2 aliphatic rings. The number of piperazine rings is 1. The van der Waals surface area contributed by atoms with Gasteiger partial charge < -0.3 is 4.90 Å². The summed E-state index contributed by atoms with van der Waals surface area (Å²) in [6, 6.07) is 4.12. The van der Waals surface area contributed by atoms with Gasteiger partial charge in [-0.3, -0.25) is 14.7 Å². The van der Waals surface area contributed by atoms with Gasteiger partial charge in [-0.05, 0) is 36.8 Å². The Labute approximate surface area is 124 Å². The normalized spacial score (nSPS) is 21.8. The number of carbonyl (C=O) groups excluding carboxylic acids is 1. The van der Waals surface area contributed by atoms with Crippen molar-refractivity contribution < 1.29 is 4.79 Å². The quantitative estimate of drug-likeness (QED) is 0.845. The van der Waals surface area contributed by atoms with E-state index in [1.807, 2.05) is 12.4 Å². The SMILES string of the molecule is CSC1(C(=O)N2CCN(Cc3ccncc3)CC2)CC1. The van der Waals surface area contributed by atoms with Crippen molar-refractivity contribution in [3.63, 3.8) is 0 Å². The Morgan fingerprint density at radius 2 is 1.90 bits per heavy atom. The third-order valence-corrected chi connectivity index (χ3v) is 5.66. The molecule has 1 aromatic heterocycles. The van der Waals surface area contributed by atoms with Crippen LogP contribution in [0.3, 0.4) is 0 Å². The molecule has 0 atom stereocenters. The lowest BCUT2D eigenvalue weighted by atomic mass is 10.2.